The third-order valence-electron chi connectivity index (χ3n) is 2.45. The van der Waals surface area contributed by atoms with Crippen LogP contribution in [0.2, 0.25) is 0 Å². The molecule has 0 bridgehead atoms. The van der Waals surface area contributed by atoms with Crippen molar-refractivity contribution in [2.24, 2.45) is 0 Å². The highest BCUT2D eigenvalue weighted by Crippen LogP contribution is 2.72. The Kier molecular flexibility index (Phi) is 6.49. The van der Waals surface area contributed by atoms with Crippen LogP contribution in [0.25, 0.3) is 0 Å². The molecule has 0 aromatic heterocycles. The lowest BCUT2D eigenvalue weighted by atomic mass is 10.3. The van der Waals surface area contributed by atoms with Crippen LogP contribution in [-0.4, -0.2) is 39.2 Å². The Balaban J connectivity index is 3.19. The second-order valence-corrected chi connectivity index (χ2v) is 10.1. The molecule has 4 nitrogen and oxygen atoms in total. The maximum Gasteiger partial charge on any atom is 0.360 e. The molecular formula is C12H23O4PS2. The monoisotopic (exact) mass is 326 g/mol. The number of aliphatic hydroxyl groups excluding tert-OH is 1. The lowest BCUT2D eigenvalue weighted by Gasteiger charge is -2.42. The normalized spacial score (nSPS) is 28.3. The average molecular weight is 326 g/mol. The predicted molar refractivity (Wildman–Crippen MR) is 83.9 cm³/mol. The van der Waals surface area contributed by atoms with E-state index >= 15 is 0 Å². The molecule has 1 aliphatic heterocycles. The first-order valence-electron chi connectivity index (χ1n) is 6.28. The smallest absolute Gasteiger partial charge is 0.360 e. The second-order valence-electron chi connectivity index (χ2n) is 4.82. The lowest BCUT2D eigenvalue weighted by Crippen LogP contribution is -2.39. The Bertz CT molecular complexity index is 359. The maximum absolute atomic E-state index is 13.3. The Labute approximate surface area is 124 Å². The fourth-order valence-electron chi connectivity index (χ4n) is 1.82. The van der Waals surface area contributed by atoms with Gasteiger partial charge in [0.25, 0.3) is 0 Å². The molecule has 112 valence electrons. The fourth-order valence-corrected chi connectivity index (χ4v) is 7.64. The van der Waals surface area contributed by atoms with Gasteiger partial charge in [0.15, 0.2) is 3.82 Å². The topological polar surface area (TPSA) is 55.8 Å². The van der Waals surface area contributed by atoms with E-state index in [4.69, 9.17) is 9.05 Å². The Morgan fingerprint density at radius 1 is 1.37 bits per heavy atom. The number of rotatable bonds is 6. The van der Waals surface area contributed by atoms with Crippen molar-refractivity contribution >= 4 is 31.1 Å². The summed E-state index contributed by atoms with van der Waals surface area (Å²) in [5.41, 5.74) is 0. The number of thioether (sulfide) groups is 2. The first-order chi connectivity index (χ1) is 8.77. The molecule has 1 heterocycles. The molecule has 1 rings (SSSR count). The molecule has 0 aliphatic carbocycles. The minimum Gasteiger partial charge on any atom is -0.386 e. The van der Waals surface area contributed by atoms with Gasteiger partial charge in [-0.2, -0.15) is 0 Å². The van der Waals surface area contributed by atoms with E-state index in [1.807, 2.05) is 40.0 Å². The molecule has 7 heteroatoms. The van der Waals surface area contributed by atoms with Crippen LogP contribution in [-0.2, 0) is 13.6 Å². The first-order valence-corrected chi connectivity index (χ1v) is 10.0. The summed E-state index contributed by atoms with van der Waals surface area (Å²) in [6.45, 7) is 7.28. The molecule has 1 aliphatic rings. The molecule has 0 spiro atoms. The Morgan fingerprint density at radius 2 is 1.89 bits per heavy atom. The van der Waals surface area contributed by atoms with Crippen LogP contribution in [0.4, 0.5) is 0 Å². The van der Waals surface area contributed by atoms with Crippen molar-refractivity contribution in [2.45, 2.75) is 49.8 Å². The lowest BCUT2D eigenvalue weighted by molar-refractivity contribution is 0.125. The minimum atomic E-state index is -3.47. The summed E-state index contributed by atoms with van der Waals surface area (Å²) in [6, 6.07) is 0. The van der Waals surface area contributed by atoms with Gasteiger partial charge in [0, 0.05) is 5.75 Å². The van der Waals surface area contributed by atoms with Crippen molar-refractivity contribution in [3.63, 3.8) is 0 Å². The molecule has 0 aromatic carbocycles. The average Bonchev–Trinajstić information content (AvgIpc) is 2.27. The molecule has 0 fully saturated rings. The molecule has 0 radical (unpaired) electrons. The van der Waals surface area contributed by atoms with Crippen LogP contribution >= 0.6 is 31.1 Å². The number of aliphatic hydroxyl groups is 1. The summed E-state index contributed by atoms with van der Waals surface area (Å²) in [5, 5.41) is 10.3. The van der Waals surface area contributed by atoms with Gasteiger partial charge in [0.2, 0.25) is 0 Å². The molecular weight excluding hydrogens is 303 g/mol. The van der Waals surface area contributed by atoms with E-state index in [9.17, 15) is 9.67 Å². The van der Waals surface area contributed by atoms with Crippen molar-refractivity contribution in [2.75, 3.05) is 12.0 Å². The van der Waals surface area contributed by atoms with Crippen molar-refractivity contribution < 1.29 is 18.7 Å². The molecule has 0 saturated heterocycles. The van der Waals surface area contributed by atoms with Gasteiger partial charge in [-0.25, -0.2) is 0 Å². The van der Waals surface area contributed by atoms with Crippen LogP contribution < -0.4 is 0 Å². The summed E-state index contributed by atoms with van der Waals surface area (Å²) < 4.78 is 23.6. The van der Waals surface area contributed by atoms with E-state index in [2.05, 4.69) is 0 Å². The van der Waals surface area contributed by atoms with Crippen LogP contribution in [0, 0.1) is 0 Å². The predicted octanol–water partition coefficient (Wildman–Crippen LogP) is 3.71. The summed E-state index contributed by atoms with van der Waals surface area (Å²) in [7, 11) is -3.47. The van der Waals surface area contributed by atoms with Gasteiger partial charge in [0.1, 0.15) is 6.10 Å². The van der Waals surface area contributed by atoms with Crippen LogP contribution in [0.5, 0.6) is 0 Å². The van der Waals surface area contributed by atoms with Crippen molar-refractivity contribution in [1.29, 1.82) is 0 Å². The first kappa shape index (κ1) is 17.6. The van der Waals surface area contributed by atoms with Gasteiger partial charge in [-0.05, 0) is 34.0 Å². The van der Waals surface area contributed by atoms with Crippen molar-refractivity contribution in [1.82, 2.24) is 0 Å². The maximum atomic E-state index is 13.3. The number of hydrogen-bond donors (Lipinski definition) is 1. The summed E-state index contributed by atoms with van der Waals surface area (Å²) in [4.78, 5) is 0. The molecule has 0 unspecified atom stereocenters. The molecule has 0 saturated carbocycles. The highest BCUT2D eigenvalue weighted by atomic mass is 32.2. The van der Waals surface area contributed by atoms with Gasteiger partial charge in [-0.15, -0.1) is 23.5 Å². The Hall–Kier alpha value is 0.550. The largest absolute Gasteiger partial charge is 0.386 e. The zero-order valence-corrected chi connectivity index (χ0v) is 14.6. The summed E-state index contributed by atoms with van der Waals surface area (Å²) >= 11 is 2.76. The van der Waals surface area contributed by atoms with E-state index in [1.165, 1.54) is 23.5 Å². The van der Waals surface area contributed by atoms with Gasteiger partial charge in [-0.3, -0.25) is 4.57 Å². The van der Waals surface area contributed by atoms with Gasteiger partial charge >= 0.3 is 7.60 Å². The van der Waals surface area contributed by atoms with E-state index in [0.717, 1.165) is 0 Å². The van der Waals surface area contributed by atoms with Crippen LogP contribution in [0.15, 0.2) is 12.2 Å². The number of hydrogen-bond acceptors (Lipinski definition) is 6. The standard InChI is InChI=1S/C12H23O4PS2/c1-9(2)15-17(14,16-10(3)4)12(18-5)11(13)7-6-8-19-12/h6-7,9-11,13H,8H2,1-5H3/t11-,12-/m0/s1. The Morgan fingerprint density at radius 3 is 2.26 bits per heavy atom. The van der Waals surface area contributed by atoms with E-state index in [1.54, 1.807) is 6.08 Å². The summed E-state index contributed by atoms with van der Waals surface area (Å²) in [6.07, 6.45) is 4.06. The molecule has 19 heavy (non-hydrogen) atoms. The van der Waals surface area contributed by atoms with Crippen molar-refractivity contribution in [3.8, 4) is 0 Å². The zero-order valence-electron chi connectivity index (χ0n) is 12.0. The third-order valence-corrected chi connectivity index (χ3v) is 9.85. The van der Waals surface area contributed by atoms with E-state index in [0.29, 0.717) is 5.75 Å². The molecule has 0 amide bonds. The van der Waals surface area contributed by atoms with E-state index < -0.39 is 17.5 Å². The minimum absolute atomic E-state index is 0.229. The van der Waals surface area contributed by atoms with Gasteiger partial charge in [-0.1, -0.05) is 12.2 Å². The third kappa shape index (κ3) is 3.80. The quantitative estimate of drug-likeness (QED) is 0.593. The highest BCUT2D eigenvalue weighted by molar-refractivity contribution is 8.25. The highest BCUT2D eigenvalue weighted by Gasteiger charge is 2.57. The SMILES string of the molecule is CS[C@]1(P(=O)(OC(C)C)OC(C)C)SCC=C[C@@H]1O. The molecule has 0 aromatic rings. The van der Waals surface area contributed by atoms with Crippen LogP contribution in [0.3, 0.4) is 0 Å². The van der Waals surface area contributed by atoms with Gasteiger partial charge < -0.3 is 14.2 Å². The van der Waals surface area contributed by atoms with Crippen LogP contribution in [0.1, 0.15) is 27.7 Å². The zero-order chi connectivity index (χ0) is 14.7. The molecule has 1 N–H and O–H groups in total. The fraction of sp³-hybridized carbons (Fsp3) is 0.833. The summed E-state index contributed by atoms with van der Waals surface area (Å²) in [5.74, 6) is 0.685. The van der Waals surface area contributed by atoms with Gasteiger partial charge in [0.05, 0.1) is 12.2 Å². The van der Waals surface area contributed by atoms with Crippen molar-refractivity contribution in [3.05, 3.63) is 12.2 Å². The molecule has 2 atom stereocenters. The van der Waals surface area contributed by atoms with E-state index in [-0.39, 0.29) is 12.2 Å². The second kappa shape index (κ2) is 7.01.